The molecule has 0 saturated heterocycles. The zero-order chi connectivity index (χ0) is 13.5. The topological polar surface area (TPSA) is 98.1 Å². The van der Waals surface area contributed by atoms with Crippen LogP contribution in [-0.4, -0.2) is 24.2 Å². The van der Waals surface area contributed by atoms with Crippen LogP contribution in [0.2, 0.25) is 0 Å². The zero-order valence-electron chi connectivity index (χ0n) is 9.80. The lowest BCUT2D eigenvalue weighted by molar-refractivity contribution is -0.139. The van der Waals surface area contributed by atoms with Crippen molar-refractivity contribution in [3.05, 3.63) is 45.6 Å². The monoisotopic (exact) mass is 252 g/mol. The van der Waals surface area contributed by atoms with Gasteiger partial charge in [-0.25, -0.2) is 4.39 Å². The number of aliphatic carboxylic acids is 1. The highest BCUT2D eigenvalue weighted by molar-refractivity contribution is 5.75. The average Bonchev–Trinajstić information content (AvgIpc) is 2.32. The summed E-state index contributed by atoms with van der Waals surface area (Å²) in [6.45, 7) is 1.94. The smallest absolute Gasteiger partial charge is 0.325 e. The molecule has 0 heterocycles. The van der Waals surface area contributed by atoms with Crippen molar-refractivity contribution >= 4 is 5.97 Å². The molecule has 6 nitrogen and oxygen atoms in total. The van der Waals surface area contributed by atoms with Gasteiger partial charge in [-0.1, -0.05) is 17.2 Å². The van der Waals surface area contributed by atoms with E-state index in [1.54, 1.807) is 13.0 Å². The maximum Gasteiger partial charge on any atom is 0.325 e. The standard InChI is InChI=1S/C11H13FN4O2/c1-7-2-3-8(6-9(7)12)10(11(17)18)14-4-5-15-16-13/h2-3,6,10,14H,4-5H2,1H3,(H,17,18). The highest BCUT2D eigenvalue weighted by Gasteiger charge is 2.19. The van der Waals surface area contributed by atoms with E-state index in [4.69, 9.17) is 10.6 Å². The Bertz CT molecular complexity index is 486. The van der Waals surface area contributed by atoms with Crippen molar-refractivity contribution in [1.29, 1.82) is 0 Å². The molecule has 18 heavy (non-hydrogen) atoms. The van der Waals surface area contributed by atoms with Crippen molar-refractivity contribution in [2.75, 3.05) is 13.1 Å². The first-order chi connectivity index (χ1) is 8.56. The molecule has 0 aliphatic rings. The molecule has 2 N–H and O–H groups in total. The molecular formula is C11H13FN4O2. The van der Waals surface area contributed by atoms with E-state index in [1.807, 2.05) is 0 Å². The number of carbonyl (C=O) groups is 1. The van der Waals surface area contributed by atoms with Crippen molar-refractivity contribution < 1.29 is 14.3 Å². The third kappa shape index (κ3) is 3.73. The number of carboxylic acid groups (broad SMARTS) is 1. The molecule has 0 aromatic heterocycles. The Hall–Kier alpha value is -2.11. The quantitative estimate of drug-likeness (QED) is 0.351. The van der Waals surface area contributed by atoms with E-state index < -0.39 is 17.8 Å². The number of benzene rings is 1. The Balaban J connectivity index is 2.80. The van der Waals surface area contributed by atoms with Crippen molar-refractivity contribution in [1.82, 2.24) is 5.32 Å². The van der Waals surface area contributed by atoms with E-state index in [0.29, 0.717) is 11.1 Å². The number of carboxylic acids is 1. The molecule has 0 saturated carbocycles. The fourth-order valence-electron chi connectivity index (χ4n) is 1.44. The number of hydrogen-bond donors (Lipinski definition) is 2. The summed E-state index contributed by atoms with van der Waals surface area (Å²) >= 11 is 0. The van der Waals surface area contributed by atoms with Gasteiger partial charge in [0.05, 0.1) is 0 Å². The summed E-state index contributed by atoms with van der Waals surface area (Å²) in [4.78, 5) is 13.6. The van der Waals surface area contributed by atoms with Crippen LogP contribution in [0.1, 0.15) is 17.2 Å². The summed E-state index contributed by atoms with van der Waals surface area (Å²) in [6, 6.07) is 3.25. The number of rotatable bonds is 6. The molecule has 0 fully saturated rings. The molecule has 96 valence electrons. The zero-order valence-corrected chi connectivity index (χ0v) is 9.80. The second kappa shape index (κ2) is 6.58. The second-order valence-corrected chi connectivity index (χ2v) is 3.69. The van der Waals surface area contributed by atoms with Crippen LogP contribution in [-0.2, 0) is 4.79 Å². The van der Waals surface area contributed by atoms with Gasteiger partial charge in [0.15, 0.2) is 0 Å². The Kier molecular flexibility index (Phi) is 5.10. The number of hydrogen-bond acceptors (Lipinski definition) is 3. The van der Waals surface area contributed by atoms with E-state index >= 15 is 0 Å². The number of halogens is 1. The summed E-state index contributed by atoms with van der Waals surface area (Å²) in [5.41, 5.74) is 8.87. The highest BCUT2D eigenvalue weighted by Crippen LogP contribution is 2.16. The Morgan fingerprint density at radius 3 is 2.94 bits per heavy atom. The number of aryl methyl sites for hydroxylation is 1. The molecule has 1 atom stereocenters. The van der Waals surface area contributed by atoms with E-state index in [1.165, 1.54) is 12.1 Å². The Morgan fingerprint density at radius 1 is 1.67 bits per heavy atom. The predicted octanol–water partition coefficient (Wildman–Crippen LogP) is 2.16. The number of nitrogens with zero attached hydrogens (tertiary/aromatic N) is 3. The molecule has 0 radical (unpaired) electrons. The van der Waals surface area contributed by atoms with Crippen molar-refractivity contribution in [2.24, 2.45) is 5.11 Å². The minimum atomic E-state index is -1.11. The van der Waals surface area contributed by atoms with Gasteiger partial charge in [-0.15, -0.1) is 0 Å². The summed E-state index contributed by atoms with van der Waals surface area (Å²) in [5, 5.41) is 15.0. The lowest BCUT2D eigenvalue weighted by Gasteiger charge is -2.14. The fourth-order valence-corrected chi connectivity index (χ4v) is 1.44. The van der Waals surface area contributed by atoms with Gasteiger partial charge in [0.25, 0.3) is 0 Å². The highest BCUT2D eigenvalue weighted by atomic mass is 19.1. The van der Waals surface area contributed by atoms with Gasteiger partial charge < -0.3 is 10.4 Å². The van der Waals surface area contributed by atoms with Gasteiger partial charge in [-0.05, 0) is 29.6 Å². The van der Waals surface area contributed by atoms with Gasteiger partial charge in [-0.2, -0.15) is 0 Å². The molecule has 1 rings (SSSR count). The van der Waals surface area contributed by atoms with Crippen LogP contribution in [0.4, 0.5) is 4.39 Å². The third-order valence-corrected chi connectivity index (χ3v) is 2.40. The summed E-state index contributed by atoms with van der Waals surface area (Å²) < 4.78 is 13.4. The van der Waals surface area contributed by atoms with Crippen LogP contribution in [0.5, 0.6) is 0 Å². The number of azide groups is 1. The molecule has 1 aromatic carbocycles. The van der Waals surface area contributed by atoms with E-state index in [-0.39, 0.29) is 13.1 Å². The van der Waals surface area contributed by atoms with Crippen LogP contribution in [0.25, 0.3) is 10.4 Å². The van der Waals surface area contributed by atoms with Crippen LogP contribution in [0.3, 0.4) is 0 Å². The summed E-state index contributed by atoms with van der Waals surface area (Å²) in [7, 11) is 0. The average molecular weight is 252 g/mol. The van der Waals surface area contributed by atoms with Gasteiger partial charge in [0.1, 0.15) is 11.9 Å². The predicted molar refractivity (Wildman–Crippen MR) is 63.5 cm³/mol. The van der Waals surface area contributed by atoms with Crippen molar-refractivity contribution in [3.8, 4) is 0 Å². The van der Waals surface area contributed by atoms with Gasteiger partial charge in [0.2, 0.25) is 0 Å². The second-order valence-electron chi connectivity index (χ2n) is 3.69. The van der Waals surface area contributed by atoms with E-state index in [9.17, 15) is 9.18 Å². The van der Waals surface area contributed by atoms with E-state index in [0.717, 1.165) is 0 Å². The first-order valence-electron chi connectivity index (χ1n) is 5.29. The minimum Gasteiger partial charge on any atom is -0.480 e. The largest absolute Gasteiger partial charge is 0.480 e. The molecule has 0 aliphatic heterocycles. The van der Waals surface area contributed by atoms with Crippen LogP contribution >= 0.6 is 0 Å². The van der Waals surface area contributed by atoms with Crippen molar-refractivity contribution in [3.63, 3.8) is 0 Å². The molecule has 7 heteroatoms. The van der Waals surface area contributed by atoms with Crippen molar-refractivity contribution in [2.45, 2.75) is 13.0 Å². The van der Waals surface area contributed by atoms with Gasteiger partial charge in [0, 0.05) is 18.0 Å². The first kappa shape index (κ1) is 14.0. The normalized spacial score (nSPS) is 11.7. The van der Waals surface area contributed by atoms with Crippen LogP contribution < -0.4 is 5.32 Å². The molecule has 1 unspecified atom stereocenters. The third-order valence-electron chi connectivity index (χ3n) is 2.40. The number of nitrogens with one attached hydrogen (secondary N) is 1. The van der Waals surface area contributed by atoms with Crippen LogP contribution in [0, 0.1) is 12.7 Å². The Morgan fingerprint density at radius 2 is 2.39 bits per heavy atom. The molecule has 0 aliphatic carbocycles. The summed E-state index contributed by atoms with van der Waals surface area (Å²) in [5.74, 6) is -1.56. The molecule has 0 amide bonds. The molecular weight excluding hydrogens is 239 g/mol. The lowest BCUT2D eigenvalue weighted by Crippen LogP contribution is -2.30. The van der Waals surface area contributed by atoms with Gasteiger partial charge >= 0.3 is 5.97 Å². The molecule has 1 aromatic rings. The maximum absolute atomic E-state index is 13.4. The van der Waals surface area contributed by atoms with Crippen LogP contribution in [0.15, 0.2) is 23.3 Å². The first-order valence-corrected chi connectivity index (χ1v) is 5.29. The van der Waals surface area contributed by atoms with Gasteiger partial charge in [-0.3, -0.25) is 4.79 Å². The fraction of sp³-hybridized carbons (Fsp3) is 0.364. The summed E-state index contributed by atoms with van der Waals surface area (Å²) in [6.07, 6.45) is 0. The Labute approximate surface area is 103 Å². The minimum absolute atomic E-state index is 0.134. The molecule has 0 spiro atoms. The maximum atomic E-state index is 13.4. The lowest BCUT2D eigenvalue weighted by atomic mass is 10.0. The van der Waals surface area contributed by atoms with E-state index in [2.05, 4.69) is 15.3 Å². The molecule has 0 bridgehead atoms. The SMILES string of the molecule is Cc1ccc(C(NCCN=[N+]=[N-])C(=O)O)cc1F.